The summed E-state index contributed by atoms with van der Waals surface area (Å²) in [5.41, 5.74) is 2.48. The van der Waals surface area contributed by atoms with E-state index in [1.807, 2.05) is 17.0 Å². The highest BCUT2D eigenvalue weighted by molar-refractivity contribution is 5.82. The SMILES string of the molecule is CCOC(=O)N1CCN(C(=O)CN2CCc3ccccc32)CC1. The smallest absolute Gasteiger partial charge is 0.409 e. The van der Waals surface area contributed by atoms with E-state index in [4.69, 9.17) is 4.74 Å². The molecule has 2 aliphatic rings. The Hall–Kier alpha value is -2.24. The molecule has 0 saturated carbocycles. The number of fused-ring (bicyclic) bond motifs is 1. The van der Waals surface area contributed by atoms with E-state index in [9.17, 15) is 9.59 Å². The van der Waals surface area contributed by atoms with E-state index in [-0.39, 0.29) is 12.0 Å². The summed E-state index contributed by atoms with van der Waals surface area (Å²) >= 11 is 0. The zero-order chi connectivity index (χ0) is 16.2. The zero-order valence-electron chi connectivity index (χ0n) is 13.5. The Bertz CT molecular complexity index is 582. The molecule has 2 heterocycles. The Morgan fingerprint density at radius 3 is 2.48 bits per heavy atom. The van der Waals surface area contributed by atoms with E-state index in [1.165, 1.54) is 11.3 Å². The van der Waals surface area contributed by atoms with Crippen LogP contribution in [0.3, 0.4) is 0 Å². The molecule has 2 amide bonds. The second-order valence-electron chi connectivity index (χ2n) is 5.87. The number of hydrogen-bond donors (Lipinski definition) is 0. The van der Waals surface area contributed by atoms with Gasteiger partial charge in [-0.2, -0.15) is 0 Å². The molecule has 0 spiro atoms. The Labute approximate surface area is 136 Å². The van der Waals surface area contributed by atoms with Crippen molar-refractivity contribution in [1.29, 1.82) is 0 Å². The Morgan fingerprint density at radius 1 is 1.04 bits per heavy atom. The molecule has 6 heteroatoms. The maximum atomic E-state index is 12.5. The molecule has 0 aliphatic carbocycles. The molecular formula is C17H23N3O3. The van der Waals surface area contributed by atoms with Gasteiger partial charge in [0.1, 0.15) is 0 Å². The van der Waals surface area contributed by atoms with Crippen molar-refractivity contribution in [2.45, 2.75) is 13.3 Å². The van der Waals surface area contributed by atoms with Gasteiger partial charge in [0.15, 0.2) is 0 Å². The molecule has 0 N–H and O–H groups in total. The van der Waals surface area contributed by atoms with Crippen LogP contribution < -0.4 is 4.90 Å². The van der Waals surface area contributed by atoms with E-state index >= 15 is 0 Å². The standard InChI is InChI=1S/C17H23N3O3/c1-2-23-17(22)19-11-9-18(10-12-19)16(21)13-20-8-7-14-5-3-4-6-15(14)20/h3-6H,2,7-13H2,1H3. The highest BCUT2D eigenvalue weighted by atomic mass is 16.6. The Morgan fingerprint density at radius 2 is 1.74 bits per heavy atom. The van der Waals surface area contributed by atoms with E-state index in [2.05, 4.69) is 17.0 Å². The molecule has 0 aromatic heterocycles. The van der Waals surface area contributed by atoms with Crippen molar-refractivity contribution in [2.24, 2.45) is 0 Å². The van der Waals surface area contributed by atoms with Gasteiger partial charge in [0.05, 0.1) is 13.2 Å². The fourth-order valence-corrected chi connectivity index (χ4v) is 3.19. The van der Waals surface area contributed by atoms with Gasteiger partial charge in [0.2, 0.25) is 5.91 Å². The van der Waals surface area contributed by atoms with Crippen molar-refractivity contribution >= 4 is 17.7 Å². The molecule has 1 saturated heterocycles. The number of nitrogens with zero attached hydrogens (tertiary/aromatic N) is 3. The van der Waals surface area contributed by atoms with Gasteiger partial charge in [0, 0.05) is 38.4 Å². The van der Waals surface area contributed by atoms with Gasteiger partial charge in [-0.3, -0.25) is 4.79 Å². The summed E-state index contributed by atoms with van der Waals surface area (Å²) in [5, 5.41) is 0. The Kier molecular flexibility index (Phi) is 4.69. The highest BCUT2D eigenvalue weighted by Crippen LogP contribution is 2.27. The fraction of sp³-hybridized carbons (Fsp3) is 0.529. The van der Waals surface area contributed by atoms with Gasteiger partial charge >= 0.3 is 6.09 Å². The first-order valence-corrected chi connectivity index (χ1v) is 8.21. The molecule has 3 rings (SSSR count). The maximum Gasteiger partial charge on any atom is 0.409 e. The normalized spacial score (nSPS) is 17.2. The molecule has 124 valence electrons. The first kappa shape index (κ1) is 15.6. The average Bonchev–Trinajstić information content (AvgIpc) is 2.98. The van der Waals surface area contributed by atoms with Crippen LogP contribution in [0.1, 0.15) is 12.5 Å². The minimum Gasteiger partial charge on any atom is -0.450 e. The van der Waals surface area contributed by atoms with E-state index in [0.717, 1.165) is 13.0 Å². The molecule has 2 aliphatic heterocycles. The van der Waals surface area contributed by atoms with E-state index in [1.54, 1.807) is 11.8 Å². The van der Waals surface area contributed by atoms with Crippen LogP contribution in [0.2, 0.25) is 0 Å². The predicted molar refractivity (Wildman–Crippen MR) is 87.5 cm³/mol. The molecule has 1 aromatic carbocycles. The van der Waals surface area contributed by atoms with Crippen LogP contribution in [-0.2, 0) is 16.0 Å². The van der Waals surface area contributed by atoms with Crippen molar-refractivity contribution in [3.63, 3.8) is 0 Å². The molecule has 0 radical (unpaired) electrons. The number of ether oxygens (including phenoxy) is 1. The number of hydrogen-bond acceptors (Lipinski definition) is 4. The lowest BCUT2D eigenvalue weighted by atomic mass is 10.2. The minimum absolute atomic E-state index is 0.130. The van der Waals surface area contributed by atoms with Gasteiger partial charge in [-0.15, -0.1) is 0 Å². The monoisotopic (exact) mass is 317 g/mol. The lowest BCUT2D eigenvalue weighted by molar-refractivity contribution is -0.131. The first-order chi connectivity index (χ1) is 11.2. The largest absolute Gasteiger partial charge is 0.450 e. The van der Waals surface area contributed by atoms with Gasteiger partial charge in [-0.05, 0) is 25.0 Å². The predicted octanol–water partition coefficient (Wildman–Crippen LogP) is 1.35. The van der Waals surface area contributed by atoms with Gasteiger partial charge in [-0.25, -0.2) is 4.79 Å². The molecule has 1 fully saturated rings. The second-order valence-corrected chi connectivity index (χ2v) is 5.87. The lowest BCUT2D eigenvalue weighted by Crippen LogP contribution is -2.52. The summed E-state index contributed by atoms with van der Waals surface area (Å²) in [6.07, 6.45) is 0.716. The molecule has 0 unspecified atom stereocenters. The third kappa shape index (κ3) is 3.41. The Balaban J connectivity index is 1.52. The van der Waals surface area contributed by atoms with Crippen LogP contribution in [0.4, 0.5) is 10.5 Å². The highest BCUT2D eigenvalue weighted by Gasteiger charge is 2.27. The molecule has 0 bridgehead atoms. The van der Waals surface area contributed by atoms with Crippen molar-refractivity contribution in [3.8, 4) is 0 Å². The van der Waals surface area contributed by atoms with E-state index in [0.29, 0.717) is 39.3 Å². The number of carbonyl (C=O) groups is 2. The number of carbonyl (C=O) groups excluding carboxylic acids is 2. The second kappa shape index (κ2) is 6.89. The molecule has 0 atom stereocenters. The number of benzene rings is 1. The summed E-state index contributed by atoms with van der Waals surface area (Å²) in [5.74, 6) is 0.130. The third-order valence-corrected chi connectivity index (χ3v) is 4.47. The van der Waals surface area contributed by atoms with Crippen molar-refractivity contribution in [1.82, 2.24) is 9.80 Å². The lowest BCUT2D eigenvalue weighted by Gasteiger charge is -2.35. The van der Waals surface area contributed by atoms with Gasteiger partial charge < -0.3 is 19.4 Å². The summed E-state index contributed by atoms with van der Waals surface area (Å²) in [6, 6.07) is 8.25. The van der Waals surface area contributed by atoms with Crippen LogP contribution >= 0.6 is 0 Å². The van der Waals surface area contributed by atoms with Crippen LogP contribution in [0.15, 0.2) is 24.3 Å². The number of rotatable bonds is 3. The van der Waals surface area contributed by atoms with E-state index < -0.39 is 0 Å². The minimum atomic E-state index is -0.284. The summed E-state index contributed by atoms with van der Waals surface area (Å²) < 4.78 is 5.00. The maximum absolute atomic E-state index is 12.5. The summed E-state index contributed by atoms with van der Waals surface area (Å²) in [7, 11) is 0. The van der Waals surface area contributed by atoms with Crippen molar-refractivity contribution < 1.29 is 14.3 Å². The number of amides is 2. The average molecular weight is 317 g/mol. The van der Waals surface area contributed by atoms with Gasteiger partial charge in [0.25, 0.3) is 0 Å². The number of piperazine rings is 1. The van der Waals surface area contributed by atoms with Gasteiger partial charge in [-0.1, -0.05) is 18.2 Å². The number of para-hydroxylation sites is 1. The summed E-state index contributed by atoms with van der Waals surface area (Å²) in [4.78, 5) is 29.9. The van der Waals surface area contributed by atoms with Crippen molar-refractivity contribution in [3.05, 3.63) is 29.8 Å². The van der Waals surface area contributed by atoms with Crippen LogP contribution in [-0.4, -0.2) is 67.7 Å². The third-order valence-electron chi connectivity index (χ3n) is 4.47. The summed E-state index contributed by atoms with van der Waals surface area (Å²) in [6.45, 7) is 5.73. The molecule has 1 aromatic rings. The van der Waals surface area contributed by atoms with Crippen LogP contribution in [0.5, 0.6) is 0 Å². The van der Waals surface area contributed by atoms with Crippen LogP contribution in [0, 0.1) is 0 Å². The molecular weight excluding hydrogens is 294 g/mol. The zero-order valence-corrected chi connectivity index (χ0v) is 13.5. The fourth-order valence-electron chi connectivity index (χ4n) is 3.19. The van der Waals surface area contributed by atoms with Crippen LogP contribution in [0.25, 0.3) is 0 Å². The molecule has 23 heavy (non-hydrogen) atoms. The van der Waals surface area contributed by atoms with Crippen molar-refractivity contribution in [2.75, 3.05) is 50.8 Å². The molecule has 6 nitrogen and oxygen atoms in total. The quantitative estimate of drug-likeness (QED) is 0.844. The first-order valence-electron chi connectivity index (χ1n) is 8.21. The number of anilines is 1. The topological polar surface area (TPSA) is 53.1 Å².